The molecule has 48 heavy (non-hydrogen) atoms. The minimum atomic E-state index is -4.30. The predicted octanol–water partition coefficient (Wildman–Crippen LogP) is 7.40. The molecule has 1 aliphatic rings. The Bertz CT molecular complexity index is 1780. The minimum Gasteiger partial charge on any atom is -0.492 e. The maximum absolute atomic E-state index is 14.7. The van der Waals surface area contributed by atoms with Gasteiger partial charge in [0, 0.05) is 28.5 Å². The zero-order valence-electron chi connectivity index (χ0n) is 26.7. The Kier molecular flexibility index (Phi) is 12.2. The third-order valence-electron chi connectivity index (χ3n) is 8.35. The minimum absolute atomic E-state index is 0.0280. The van der Waals surface area contributed by atoms with Gasteiger partial charge < -0.3 is 15.0 Å². The van der Waals surface area contributed by atoms with Crippen LogP contribution in [0.2, 0.25) is 5.02 Å². The Morgan fingerprint density at radius 2 is 1.54 bits per heavy atom. The lowest BCUT2D eigenvalue weighted by Gasteiger charge is -2.34. The smallest absolute Gasteiger partial charge is 0.264 e. The summed E-state index contributed by atoms with van der Waals surface area (Å²) in [5, 5.41) is 3.58. The monoisotopic (exact) mass is 751 g/mol. The van der Waals surface area contributed by atoms with Crippen molar-refractivity contribution in [3.8, 4) is 5.75 Å². The average Bonchev–Trinajstić information content (AvgIpc) is 3.60. The molecule has 1 aliphatic carbocycles. The number of para-hydroxylation sites is 2. The lowest BCUT2D eigenvalue weighted by molar-refractivity contribution is -0.140. The van der Waals surface area contributed by atoms with Crippen molar-refractivity contribution in [1.82, 2.24) is 10.2 Å². The number of amides is 2. The Labute approximate surface area is 296 Å². The molecule has 0 spiro atoms. The number of halogens is 2. The second-order valence-electron chi connectivity index (χ2n) is 11.7. The highest BCUT2D eigenvalue weighted by molar-refractivity contribution is 9.10. The summed E-state index contributed by atoms with van der Waals surface area (Å²) in [4.78, 5) is 30.4. The Balaban J connectivity index is 1.59. The van der Waals surface area contributed by atoms with Crippen LogP contribution < -0.4 is 14.4 Å². The lowest BCUT2D eigenvalue weighted by Crippen LogP contribution is -2.54. The van der Waals surface area contributed by atoms with Gasteiger partial charge in [0.15, 0.2) is 0 Å². The van der Waals surface area contributed by atoms with Crippen molar-refractivity contribution in [3.63, 3.8) is 0 Å². The molecule has 1 N–H and O–H groups in total. The van der Waals surface area contributed by atoms with Crippen molar-refractivity contribution >= 4 is 55.1 Å². The molecule has 0 heterocycles. The average molecular weight is 753 g/mol. The Morgan fingerprint density at radius 3 is 2.21 bits per heavy atom. The van der Waals surface area contributed by atoms with E-state index >= 15 is 0 Å². The molecule has 4 aromatic rings. The molecule has 11 heteroatoms. The summed E-state index contributed by atoms with van der Waals surface area (Å²) in [5.41, 5.74) is 1.88. The predicted molar refractivity (Wildman–Crippen MR) is 193 cm³/mol. The van der Waals surface area contributed by atoms with Crippen molar-refractivity contribution < 1.29 is 22.7 Å². The first-order valence-electron chi connectivity index (χ1n) is 16.0. The molecular weight excluding hydrogens is 714 g/mol. The zero-order chi connectivity index (χ0) is 34.1. The van der Waals surface area contributed by atoms with Gasteiger partial charge in [-0.25, -0.2) is 8.42 Å². The number of sulfonamides is 1. The van der Waals surface area contributed by atoms with E-state index in [1.807, 2.05) is 54.6 Å². The van der Waals surface area contributed by atoms with Gasteiger partial charge in [-0.2, -0.15) is 0 Å². The third kappa shape index (κ3) is 8.98. The number of carbonyl (C=O) groups is 2. The fourth-order valence-corrected chi connectivity index (χ4v) is 7.71. The highest BCUT2D eigenvalue weighted by Crippen LogP contribution is 2.33. The van der Waals surface area contributed by atoms with Crippen LogP contribution in [0.5, 0.6) is 5.75 Å². The van der Waals surface area contributed by atoms with Gasteiger partial charge in [-0.15, -0.1) is 0 Å². The van der Waals surface area contributed by atoms with Gasteiger partial charge in [-0.05, 0) is 79.4 Å². The number of nitrogens with one attached hydrogen (secondary N) is 1. The first-order valence-corrected chi connectivity index (χ1v) is 18.6. The van der Waals surface area contributed by atoms with Crippen molar-refractivity contribution in [2.24, 2.45) is 0 Å². The molecule has 2 amide bonds. The number of ether oxygens (including phenoxy) is 1. The number of benzene rings is 4. The van der Waals surface area contributed by atoms with Crippen LogP contribution in [0.1, 0.15) is 43.7 Å². The van der Waals surface area contributed by atoms with E-state index in [0.29, 0.717) is 10.8 Å². The Morgan fingerprint density at radius 1 is 0.896 bits per heavy atom. The first kappa shape index (κ1) is 35.4. The van der Waals surface area contributed by atoms with Crippen LogP contribution in [-0.4, -0.2) is 50.4 Å². The SMILES string of the molecule is CCOc1ccccc1N(CC(=O)N(Cc1ccc(Br)cc1)[C@H](Cc1ccccc1)C(=O)NC1CCCC1)S(=O)(=O)c1ccc(Cl)cc1. The highest BCUT2D eigenvalue weighted by Gasteiger charge is 2.36. The number of rotatable bonds is 14. The maximum Gasteiger partial charge on any atom is 0.264 e. The lowest BCUT2D eigenvalue weighted by atomic mass is 10.0. The topological polar surface area (TPSA) is 96.0 Å². The van der Waals surface area contributed by atoms with Gasteiger partial charge in [0.05, 0.1) is 17.2 Å². The van der Waals surface area contributed by atoms with Crippen molar-refractivity contribution in [2.45, 2.75) is 62.6 Å². The molecule has 0 unspecified atom stereocenters. The van der Waals surface area contributed by atoms with E-state index < -0.39 is 28.5 Å². The molecule has 1 saturated carbocycles. The van der Waals surface area contributed by atoms with E-state index in [-0.39, 0.29) is 42.1 Å². The van der Waals surface area contributed by atoms with E-state index in [1.54, 1.807) is 31.2 Å². The fraction of sp³-hybridized carbons (Fsp3) is 0.297. The van der Waals surface area contributed by atoms with Gasteiger partial charge in [0.1, 0.15) is 18.3 Å². The standard InChI is InChI=1S/C37H39BrClN3O5S/c1-2-47-35-15-9-8-14-33(35)42(48(45,46)32-22-20-30(39)21-23-32)26-36(43)41(25-28-16-18-29(38)19-17-28)34(24-27-10-4-3-5-11-27)37(44)40-31-12-6-7-13-31/h3-5,8-11,14-23,31,34H,2,6-7,12-13,24-26H2,1H3,(H,40,44)/t34-/m1/s1. The van der Waals surface area contributed by atoms with Gasteiger partial charge in [0.2, 0.25) is 11.8 Å². The van der Waals surface area contributed by atoms with E-state index in [4.69, 9.17) is 16.3 Å². The van der Waals surface area contributed by atoms with Crippen LogP contribution in [0.3, 0.4) is 0 Å². The molecule has 8 nitrogen and oxygen atoms in total. The van der Waals surface area contributed by atoms with Crippen LogP contribution in [0.4, 0.5) is 5.69 Å². The van der Waals surface area contributed by atoms with Crippen molar-refractivity contribution in [2.75, 3.05) is 17.5 Å². The van der Waals surface area contributed by atoms with E-state index in [0.717, 1.165) is 45.6 Å². The molecule has 5 rings (SSSR count). The summed E-state index contributed by atoms with van der Waals surface area (Å²) in [6.45, 7) is 1.60. The second-order valence-corrected chi connectivity index (χ2v) is 14.9. The van der Waals surface area contributed by atoms with Crippen LogP contribution >= 0.6 is 27.5 Å². The molecule has 4 aromatic carbocycles. The number of nitrogens with zero attached hydrogens (tertiary/aromatic N) is 2. The number of hydrogen-bond acceptors (Lipinski definition) is 5. The number of anilines is 1. The summed E-state index contributed by atoms with van der Waals surface area (Å²) >= 11 is 9.57. The van der Waals surface area contributed by atoms with Crippen molar-refractivity contribution in [1.29, 1.82) is 0 Å². The second kappa shape index (κ2) is 16.5. The molecule has 0 saturated heterocycles. The summed E-state index contributed by atoms with van der Waals surface area (Å²) in [7, 11) is -4.30. The molecule has 0 bridgehead atoms. The van der Waals surface area contributed by atoms with E-state index in [2.05, 4.69) is 21.2 Å². The van der Waals surface area contributed by atoms with Crippen LogP contribution in [0.25, 0.3) is 0 Å². The van der Waals surface area contributed by atoms with Gasteiger partial charge in [-0.1, -0.05) is 95.0 Å². The molecular formula is C37H39BrClN3O5S. The molecule has 0 radical (unpaired) electrons. The first-order chi connectivity index (χ1) is 23.2. The fourth-order valence-electron chi connectivity index (χ4n) is 5.90. The molecule has 252 valence electrons. The largest absolute Gasteiger partial charge is 0.492 e. The zero-order valence-corrected chi connectivity index (χ0v) is 29.9. The van der Waals surface area contributed by atoms with E-state index in [1.165, 1.54) is 29.2 Å². The van der Waals surface area contributed by atoms with E-state index in [9.17, 15) is 18.0 Å². The van der Waals surface area contributed by atoms with Crippen molar-refractivity contribution in [3.05, 3.63) is 124 Å². The molecule has 1 atom stereocenters. The number of carbonyl (C=O) groups excluding carboxylic acids is 2. The molecule has 1 fully saturated rings. The molecule has 0 aliphatic heterocycles. The van der Waals surface area contributed by atoms with Gasteiger partial charge >= 0.3 is 0 Å². The van der Waals surface area contributed by atoms with Gasteiger partial charge in [-0.3, -0.25) is 13.9 Å². The molecule has 0 aromatic heterocycles. The highest BCUT2D eigenvalue weighted by atomic mass is 79.9. The summed E-state index contributed by atoms with van der Waals surface area (Å²) < 4.78 is 36.5. The Hall–Kier alpha value is -3.86. The van der Waals surface area contributed by atoms with Gasteiger partial charge in [0.25, 0.3) is 10.0 Å². The summed E-state index contributed by atoms with van der Waals surface area (Å²) in [6.07, 6.45) is 4.08. The quantitative estimate of drug-likeness (QED) is 0.145. The van der Waals surface area contributed by atoms with Crippen LogP contribution in [0.15, 0.2) is 112 Å². The summed E-state index contributed by atoms with van der Waals surface area (Å²) in [6, 6.07) is 28.7. The van der Waals surface area contributed by atoms with Crippen LogP contribution in [-0.2, 0) is 32.6 Å². The third-order valence-corrected chi connectivity index (χ3v) is 10.9. The van der Waals surface area contributed by atoms with Crippen LogP contribution in [0, 0.1) is 0 Å². The number of hydrogen-bond donors (Lipinski definition) is 1. The normalized spacial score (nSPS) is 13.9. The maximum atomic E-state index is 14.7. The summed E-state index contributed by atoms with van der Waals surface area (Å²) in [5.74, 6) is -0.494.